The number of aromatic hydroxyl groups is 2. The number of carbonyl (C=O) groups excluding carboxylic acids is 10. The Morgan fingerprint density at radius 3 is 1.32 bits per heavy atom. The number of fused-ring (bicyclic) bond motifs is 3. The van der Waals surface area contributed by atoms with Crippen molar-refractivity contribution in [2.45, 2.75) is 161 Å². The zero-order chi connectivity index (χ0) is 87.3. The van der Waals surface area contributed by atoms with Crippen LogP contribution in [0.3, 0.4) is 0 Å². The standard InChI is InChI=1S/C24H32N2O3Si.C18H18N2O3.C13H16O2.C11H14O.C9H10O.C8H6N2O2.C8H8O2.C2H6.CH3F.Na.H/c1-16-15-18(29-30(5,6)24(2,3)4)13-12-17(16)9-8-14-25-20-11-7-10-19-21(20)23(28)26-22(19)27;1-11-10-13(21)8-7-12(11)4-3-9-19-15-6-2-5-14-16(15)18(23)20-17(14)22;1-4-15-13(14)8-7-12-6-5-10(2)9-11(12)3;1-9-5-6-11(4-3-7-12)10(2)8-9;1-7-3-4-9(6-10)8(2)5-7;9-5-3-1-2-4-6(5)8(12)10-7(4)11;1-6-4-8(10)3-2-7(6)5-9;2*1-2;;/h7,10-13,15,25H,8-9,14H2,1-6H3,(H,26,27,28);2,5-8,10,19,21H,3-4,9H2,1H3,(H,20,22,23);5-9H,4H2,1-3H3;5-8H,3-4H2,1-2H3;3-6H,1-2H3;1-3H,9H2,(H,10,11,12);2-5,10H,1H3;1-2H3;1H3;;/q;;;;;;;;;+1;-1/b;;8-7+;;;;;;;;/i;;;;;;;;1D;;. The maximum atomic E-state index is 12.0. The van der Waals surface area contributed by atoms with Gasteiger partial charge in [0, 0.05) is 53.8 Å². The first-order valence-corrected chi connectivity index (χ1v) is 41.2. The SMILES string of the molecule is CC.CCOC(=O)/C=C/c1ccc(C)cc1C.Cc1cc(O)ccc1C=O.Cc1cc(O)ccc1CCCNc1cccc2c1C(=O)NC2=O.Cc1cc(O[Si](C)(C)C(C)(C)C)ccc1CCCNc1cccc2c1C(=O)NC2=O.Cc1ccc(C=O)c(C)c1.Cc1ccc(CCC=O)c(C)c1.Nc1cccc2c1C(=O)NC2=O.[2H]CF.[H-].[Na+]. The third-order valence-electron chi connectivity index (χ3n) is 19.1. The number of nitrogen functional groups attached to an aromatic ring is 1. The van der Waals surface area contributed by atoms with E-state index in [0.29, 0.717) is 75.6 Å². The van der Waals surface area contributed by atoms with E-state index in [-0.39, 0.29) is 83.0 Å². The maximum absolute atomic E-state index is 12.0. The number of ether oxygens (including phenoxy) is 1. The average Bonchev–Trinajstić information content (AvgIpc) is 1.67. The van der Waals surface area contributed by atoms with Gasteiger partial charge in [0.05, 0.1) is 48.5 Å². The second kappa shape index (κ2) is 49.5. The summed E-state index contributed by atoms with van der Waals surface area (Å²) in [7, 11) is -2.84. The molecule has 6 amide bonds. The van der Waals surface area contributed by atoms with Crippen molar-refractivity contribution in [1.29, 1.82) is 0 Å². The fourth-order valence-corrected chi connectivity index (χ4v) is 12.9. The van der Waals surface area contributed by atoms with Crippen LogP contribution < -0.4 is 66.3 Å². The molecule has 0 unspecified atom stereocenters. The normalized spacial score (nSPS) is 11.7. The number of imide groups is 3. The van der Waals surface area contributed by atoms with E-state index in [1.54, 1.807) is 86.7 Å². The molecular weight excluding hydrogens is 1510 g/mol. The Morgan fingerprint density at radius 2 is 0.897 bits per heavy atom. The van der Waals surface area contributed by atoms with Gasteiger partial charge in [-0.3, -0.25) is 58.7 Å². The van der Waals surface area contributed by atoms with E-state index in [9.17, 15) is 57.4 Å². The molecule has 20 nitrogen and oxygen atoms in total. The zero-order valence-electron chi connectivity index (χ0n) is 72.8. The smallest absolute Gasteiger partial charge is 1.00 e. The van der Waals surface area contributed by atoms with E-state index >= 15 is 0 Å². The minimum Gasteiger partial charge on any atom is -1.00 e. The molecule has 0 radical (unpaired) electrons. The maximum Gasteiger partial charge on any atom is 1.00 e. The number of hydrogen-bond acceptors (Lipinski definition) is 17. The van der Waals surface area contributed by atoms with Crippen LogP contribution in [0.2, 0.25) is 18.1 Å². The minimum absolute atomic E-state index is 0. The number of aldehydes is 3. The average molecular weight is 1620 g/mol. The van der Waals surface area contributed by atoms with Crippen molar-refractivity contribution < 1.29 is 104 Å². The van der Waals surface area contributed by atoms with Crippen molar-refractivity contribution in [3.63, 3.8) is 0 Å². The molecule has 9 N–H and O–H groups in total. The van der Waals surface area contributed by atoms with Gasteiger partial charge in [-0.25, -0.2) is 4.79 Å². The molecule has 0 saturated carbocycles. The van der Waals surface area contributed by atoms with Crippen LogP contribution in [0.5, 0.6) is 17.2 Å². The molecule has 0 bridgehead atoms. The van der Waals surface area contributed by atoms with Gasteiger partial charge in [0.1, 0.15) is 36.1 Å². The van der Waals surface area contributed by atoms with E-state index in [4.69, 9.17) is 21.4 Å². The predicted molar refractivity (Wildman–Crippen MR) is 466 cm³/mol. The Kier molecular flexibility index (Phi) is 41.4. The largest absolute Gasteiger partial charge is 1.00 e. The van der Waals surface area contributed by atoms with E-state index in [0.717, 1.165) is 96.6 Å². The molecule has 0 aromatic heterocycles. The summed E-state index contributed by atoms with van der Waals surface area (Å²) >= 11 is 0. The third-order valence-corrected chi connectivity index (χ3v) is 23.4. The van der Waals surface area contributed by atoms with Gasteiger partial charge in [-0.2, -0.15) is 0 Å². The van der Waals surface area contributed by atoms with Crippen molar-refractivity contribution in [3.8, 4) is 17.2 Å². The summed E-state index contributed by atoms with van der Waals surface area (Å²) in [4.78, 5) is 111. The quantitative estimate of drug-likeness (QED) is 0.00668. The number of phenolic OH excluding ortho intramolecular Hbond substituents is 2. The number of alkyl halides is 1. The molecule has 0 saturated heterocycles. The Balaban J connectivity index is 0.000000483. The molecular formula is C94H114FN6NaO14Si. The summed E-state index contributed by atoms with van der Waals surface area (Å²) < 4.78 is 26.7. The minimum atomic E-state index is -1.84. The Bertz CT molecular complexity index is 4950. The number of nitrogens with one attached hydrogen (secondary N) is 5. The molecule has 9 aromatic rings. The van der Waals surface area contributed by atoms with Crippen LogP contribution in [-0.2, 0) is 33.6 Å². The summed E-state index contributed by atoms with van der Waals surface area (Å²) in [6.45, 7) is 37.0. The number of anilines is 3. The van der Waals surface area contributed by atoms with Gasteiger partial charge < -0.3 is 42.0 Å². The number of phenols is 2. The number of nitrogens with two attached hydrogens (primary N) is 1. The Hall–Kier alpha value is -11.4. The van der Waals surface area contributed by atoms with Gasteiger partial charge in [-0.15, -0.1) is 0 Å². The van der Waals surface area contributed by atoms with Gasteiger partial charge in [0.25, 0.3) is 35.4 Å². The van der Waals surface area contributed by atoms with Crippen molar-refractivity contribution in [3.05, 3.63) is 287 Å². The van der Waals surface area contributed by atoms with Crippen LogP contribution in [0.1, 0.15) is 219 Å². The second-order valence-corrected chi connectivity index (χ2v) is 33.6. The van der Waals surface area contributed by atoms with Crippen molar-refractivity contribution in [1.82, 2.24) is 16.0 Å². The van der Waals surface area contributed by atoms with E-state index in [1.165, 1.54) is 56.6 Å². The first-order valence-electron chi connectivity index (χ1n) is 39.0. The summed E-state index contributed by atoms with van der Waals surface area (Å²) in [5.74, 6) is -0.983. The first-order chi connectivity index (χ1) is 55.5. The number of benzene rings is 9. The Labute approximate surface area is 714 Å². The molecule has 0 aliphatic carbocycles. The number of rotatable bonds is 20. The summed E-state index contributed by atoms with van der Waals surface area (Å²) in [6, 6.07) is 50.0. The molecule has 117 heavy (non-hydrogen) atoms. The van der Waals surface area contributed by atoms with Gasteiger partial charge in [-0.05, 0) is 260 Å². The number of carbonyl (C=O) groups is 10. The first kappa shape index (κ1) is 97.9. The van der Waals surface area contributed by atoms with Crippen molar-refractivity contribution in [2.24, 2.45) is 0 Å². The van der Waals surface area contributed by atoms with Crippen LogP contribution in [0.25, 0.3) is 6.08 Å². The fraction of sp³-hybridized carbons (Fsp3) is 0.298. The van der Waals surface area contributed by atoms with E-state index in [1.807, 2.05) is 97.0 Å². The van der Waals surface area contributed by atoms with Gasteiger partial charge in [-0.1, -0.05) is 136 Å². The molecule has 0 fully saturated rings. The van der Waals surface area contributed by atoms with Gasteiger partial charge in [0.2, 0.25) is 8.32 Å². The zero-order valence-corrected chi connectivity index (χ0v) is 73.8. The number of esters is 1. The second-order valence-electron chi connectivity index (χ2n) is 28.9. The van der Waals surface area contributed by atoms with Crippen LogP contribution >= 0.6 is 0 Å². The van der Waals surface area contributed by atoms with Crippen molar-refractivity contribution in [2.75, 3.05) is 43.2 Å². The van der Waals surface area contributed by atoms with E-state index < -0.39 is 21.4 Å². The molecule has 9 aromatic carbocycles. The number of hydrogen-bond donors (Lipinski definition) is 8. The summed E-state index contributed by atoms with van der Waals surface area (Å²) in [5.41, 5.74) is 26.2. The molecule has 0 atom stereocenters. The van der Waals surface area contributed by atoms with Crippen LogP contribution in [0.4, 0.5) is 21.5 Å². The topological polar surface area (TPSA) is 316 Å². The van der Waals surface area contributed by atoms with Crippen molar-refractivity contribution >= 4 is 91.7 Å². The molecule has 23 heteroatoms. The molecule has 0 spiro atoms. The number of amides is 6. The molecule has 12 rings (SSSR count). The number of aryl methyl sites for hydroxylation is 12. The summed E-state index contributed by atoms with van der Waals surface area (Å²) in [6.07, 6.45) is 11.0. The fourth-order valence-electron chi connectivity index (χ4n) is 11.9. The Morgan fingerprint density at radius 1 is 0.521 bits per heavy atom. The van der Waals surface area contributed by atoms with Gasteiger partial charge >= 0.3 is 35.5 Å². The molecule has 3 aliphatic heterocycles. The molecule has 616 valence electrons. The molecule has 3 heterocycles. The molecule has 3 aliphatic rings. The predicted octanol–water partition coefficient (Wildman–Crippen LogP) is 15.8. The van der Waals surface area contributed by atoms with E-state index in [2.05, 4.69) is 124 Å². The van der Waals surface area contributed by atoms with Gasteiger partial charge in [0.15, 0.2) is 0 Å². The third kappa shape index (κ3) is 30.9. The van der Waals surface area contributed by atoms with Crippen LogP contribution in [0.15, 0.2) is 170 Å². The van der Waals surface area contributed by atoms with Crippen LogP contribution in [-0.4, -0.2) is 106 Å². The summed E-state index contributed by atoms with van der Waals surface area (Å²) in [5, 5.41) is 31.9. The number of halogens is 1. The monoisotopic (exact) mass is 1620 g/mol. The van der Waals surface area contributed by atoms with Crippen LogP contribution in [0, 0.1) is 62.3 Å².